The van der Waals surface area contributed by atoms with E-state index >= 15 is 0 Å². The fourth-order valence-electron chi connectivity index (χ4n) is 2.97. The molecule has 2 rings (SSSR count). The van der Waals surface area contributed by atoms with Crippen molar-refractivity contribution in [2.45, 2.75) is 51.1 Å². The van der Waals surface area contributed by atoms with Crippen LogP contribution in [0.5, 0.6) is 0 Å². The molecular formula is C18H28N2. The van der Waals surface area contributed by atoms with Crippen molar-refractivity contribution in [3.63, 3.8) is 0 Å². The molecule has 1 aliphatic carbocycles. The lowest BCUT2D eigenvalue weighted by Gasteiger charge is -2.35. The second kappa shape index (κ2) is 6.01. The highest BCUT2D eigenvalue weighted by atomic mass is 15.1. The van der Waals surface area contributed by atoms with E-state index in [2.05, 4.69) is 81.5 Å². The van der Waals surface area contributed by atoms with Gasteiger partial charge in [0, 0.05) is 17.8 Å². The number of allylic oxidation sites excluding steroid dienone is 1. The first kappa shape index (κ1) is 15.1. The fraction of sp³-hybridized carbons (Fsp3) is 0.556. The molecule has 1 N–H and O–H groups in total. The van der Waals surface area contributed by atoms with Crippen LogP contribution in [0.25, 0.3) is 0 Å². The summed E-state index contributed by atoms with van der Waals surface area (Å²) in [7, 11) is 4.31. The number of benzene rings is 1. The van der Waals surface area contributed by atoms with Crippen molar-refractivity contribution < 1.29 is 0 Å². The smallest absolute Gasteiger partial charge is 0.0474 e. The molecule has 0 saturated carbocycles. The third-order valence-corrected chi connectivity index (χ3v) is 4.06. The lowest BCUT2D eigenvalue weighted by molar-refractivity contribution is 0.296. The Morgan fingerprint density at radius 1 is 1.15 bits per heavy atom. The Morgan fingerprint density at radius 3 is 2.50 bits per heavy atom. The van der Waals surface area contributed by atoms with Crippen molar-refractivity contribution in [3.8, 4) is 0 Å². The molecule has 0 aromatic heterocycles. The summed E-state index contributed by atoms with van der Waals surface area (Å²) in [6.45, 7) is 6.83. The Labute approximate surface area is 123 Å². The summed E-state index contributed by atoms with van der Waals surface area (Å²) in [4.78, 5) is 2.30. The van der Waals surface area contributed by atoms with Gasteiger partial charge >= 0.3 is 0 Å². The predicted molar refractivity (Wildman–Crippen MR) is 88.4 cm³/mol. The lowest BCUT2D eigenvalue weighted by atomic mass is 9.85. The molecular weight excluding hydrogens is 244 g/mol. The third-order valence-electron chi connectivity index (χ3n) is 4.06. The highest BCUT2D eigenvalue weighted by molar-refractivity contribution is 5.55. The molecule has 2 heteroatoms. The minimum absolute atomic E-state index is 0.168. The van der Waals surface area contributed by atoms with E-state index in [0.29, 0.717) is 12.1 Å². The zero-order valence-electron chi connectivity index (χ0n) is 13.5. The Balaban J connectivity index is 2.24. The van der Waals surface area contributed by atoms with Crippen LogP contribution in [0, 0.1) is 0 Å². The zero-order valence-corrected chi connectivity index (χ0v) is 13.5. The minimum atomic E-state index is 0.168. The molecule has 1 aromatic carbocycles. The molecule has 2 nitrogen and oxygen atoms in total. The molecule has 2 atom stereocenters. The van der Waals surface area contributed by atoms with Crippen molar-refractivity contribution in [2.75, 3.05) is 19.4 Å². The number of rotatable bonds is 3. The van der Waals surface area contributed by atoms with Gasteiger partial charge in [-0.25, -0.2) is 0 Å². The molecule has 20 heavy (non-hydrogen) atoms. The SMILES string of the molecule is CN(C)C1C=CCCC1Nc1ccccc1C(C)(C)C. The second-order valence-electron chi connectivity index (χ2n) is 7.01. The van der Waals surface area contributed by atoms with Gasteiger partial charge in [-0.1, -0.05) is 51.1 Å². The van der Waals surface area contributed by atoms with Crippen LogP contribution < -0.4 is 5.32 Å². The van der Waals surface area contributed by atoms with Gasteiger partial charge in [0.25, 0.3) is 0 Å². The van der Waals surface area contributed by atoms with Gasteiger partial charge in [0.15, 0.2) is 0 Å². The van der Waals surface area contributed by atoms with E-state index in [4.69, 9.17) is 0 Å². The standard InChI is InChI=1S/C18H28N2/c1-18(2,3)14-10-6-7-11-15(14)19-16-12-8-9-13-17(16)20(4)5/h6-7,9-11,13,16-17,19H,8,12H2,1-5H3. The maximum absolute atomic E-state index is 3.79. The Kier molecular flexibility index (Phi) is 4.54. The summed E-state index contributed by atoms with van der Waals surface area (Å²) in [6, 6.07) is 9.67. The number of anilines is 1. The zero-order chi connectivity index (χ0) is 14.8. The molecule has 0 bridgehead atoms. The van der Waals surface area contributed by atoms with Gasteiger partial charge in [-0.3, -0.25) is 0 Å². The first-order chi connectivity index (χ1) is 9.39. The topological polar surface area (TPSA) is 15.3 Å². The molecule has 0 fully saturated rings. The number of hydrogen-bond acceptors (Lipinski definition) is 2. The van der Waals surface area contributed by atoms with Gasteiger partial charge in [-0.05, 0) is 44.0 Å². The maximum Gasteiger partial charge on any atom is 0.0474 e. The number of likely N-dealkylation sites (N-methyl/N-ethyl adjacent to an activating group) is 1. The minimum Gasteiger partial charge on any atom is -0.380 e. The summed E-state index contributed by atoms with van der Waals surface area (Å²) >= 11 is 0. The molecule has 1 aliphatic rings. The molecule has 0 spiro atoms. The van der Waals surface area contributed by atoms with Crippen molar-refractivity contribution in [1.29, 1.82) is 0 Å². The predicted octanol–water partition coefficient (Wildman–Crippen LogP) is 4.04. The molecule has 1 aromatic rings. The van der Waals surface area contributed by atoms with Gasteiger partial charge in [-0.2, -0.15) is 0 Å². The van der Waals surface area contributed by atoms with E-state index in [1.165, 1.54) is 24.1 Å². The summed E-state index contributed by atoms with van der Waals surface area (Å²) in [6.07, 6.45) is 7.00. The molecule has 2 unspecified atom stereocenters. The molecule has 0 saturated heterocycles. The first-order valence-electron chi connectivity index (χ1n) is 7.59. The quantitative estimate of drug-likeness (QED) is 0.835. The summed E-state index contributed by atoms with van der Waals surface area (Å²) in [5.41, 5.74) is 2.85. The largest absolute Gasteiger partial charge is 0.380 e. The Hall–Kier alpha value is -1.28. The number of nitrogens with zero attached hydrogens (tertiary/aromatic N) is 1. The third kappa shape index (κ3) is 3.43. The van der Waals surface area contributed by atoms with E-state index in [1.807, 2.05) is 0 Å². The van der Waals surface area contributed by atoms with Crippen molar-refractivity contribution in [1.82, 2.24) is 4.90 Å². The normalized spacial score (nSPS) is 23.1. The van der Waals surface area contributed by atoms with E-state index < -0.39 is 0 Å². The Morgan fingerprint density at radius 2 is 1.85 bits per heavy atom. The average Bonchev–Trinajstić information content (AvgIpc) is 2.38. The van der Waals surface area contributed by atoms with Gasteiger partial charge in [0.1, 0.15) is 0 Å². The molecule has 110 valence electrons. The van der Waals surface area contributed by atoms with Crippen LogP contribution in [-0.2, 0) is 5.41 Å². The van der Waals surface area contributed by atoms with Crippen molar-refractivity contribution in [3.05, 3.63) is 42.0 Å². The van der Waals surface area contributed by atoms with E-state index in [9.17, 15) is 0 Å². The number of para-hydroxylation sites is 1. The van der Waals surface area contributed by atoms with Crippen molar-refractivity contribution in [2.24, 2.45) is 0 Å². The van der Waals surface area contributed by atoms with Crippen LogP contribution in [0.4, 0.5) is 5.69 Å². The average molecular weight is 272 g/mol. The van der Waals surface area contributed by atoms with Gasteiger partial charge in [0.2, 0.25) is 0 Å². The summed E-state index contributed by atoms with van der Waals surface area (Å²) in [5, 5.41) is 3.79. The van der Waals surface area contributed by atoms with Crippen molar-refractivity contribution >= 4 is 5.69 Å². The number of nitrogens with one attached hydrogen (secondary N) is 1. The molecule has 0 radical (unpaired) electrons. The fourth-order valence-corrected chi connectivity index (χ4v) is 2.97. The molecule has 0 aliphatic heterocycles. The second-order valence-corrected chi connectivity index (χ2v) is 7.01. The van der Waals surface area contributed by atoms with Crippen LogP contribution >= 0.6 is 0 Å². The summed E-state index contributed by atoms with van der Waals surface area (Å²) < 4.78 is 0. The summed E-state index contributed by atoms with van der Waals surface area (Å²) in [5.74, 6) is 0. The van der Waals surface area contributed by atoms with E-state index in [0.717, 1.165) is 0 Å². The van der Waals surface area contributed by atoms with Gasteiger partial charge < -0.3 is 10.2 Å². The van der Waals surface area contributed by atoms with Gasteiger partial charge in [0.05, 0.1) is 0 Å². The van der Waals surface area contributed by atoms with E-state index in [-0.39, 0.29) is 5.41 Å². The van der Waals surface area contributed by atoms with Crippen LogP contribution in [-0.4, -0.2) is 31.1 Å². The Bertz CT molecular complexity index is 469. The molecule has 0 amide bonds. The monoisotopic (exact) mass is 272 g/mol. The van der Waals surface area contributed by atoms with Crippen LogP contribution in [0.2, 0.25) is 0 Å². The first-order valence-corrected chi connectivity index (χ1v) is 7.59. The van der Waals surface area contributed by atoms with Crippen LogP contribution in [0.3, 0.4) is 0 Å². The highest BCUT2D eigenvalue weighted by Crippen LogP contribution is 2.31. The van der Waals surface area contributed by atoms with E-state index in [1.54, 1.807) is 0 Å². The molecule has 0 heterocycles. The lowest BCUT2D eigenvalue weighted by Crippen LogP contribution is -2.43. The maximum atomic E-state index is 3.79. The number of hydrogen-bond donors (Lipinski definition) is 1. The van der Waals surface area contributed by atoms with Crippen LogP contribution in [0.15, 0.2) is 36.4 Å². The van der Waals surface area contributed by atoms with Crippen LogP contribution in [0.1, 0.15) is 39.2 Å². The van der Waals surface area contributed by atoms with Gasteiger partial charge in [-0.15, -0.1) is 0 Å². The highest BCUT2D eigenvalue weighted by Gasteiger charge is 2.25.